The Labute approximate surface area is 245 Å². The molecular formula is C32H27ClN4O5. The number of allylic oxidation sites excluding steroid dienone is 2. The maximum Gasteiger partial charge on any atom is 0.347 e. The fourth-order valence-corrected chi connectivity index (χ4v) is 7.53. The molecule has 2 fully saturated rings. The molecule has 7 rings (SSSR count). The van der Waals surface area contributed by atoms with Crippen molar-refractivity contribution in [3.63, 3.8) is 0 Å². The molecule has 42 heavy (non-hydrogen) atoms. The summed E-state index contributed by atoms with van der Waals surface area (Å²) in [5.41, 5.74) is 0.875. The Morgan fingerprint density at radius 2 is 1.69 bits per heavy atom. The fourth-order valence-electron chi connectivity index (χ4n) is 7.35. The SMILES string of the molecule is Cc1cc(C2C3=CCn4c(=O)n(C)c(=O)n4C3CC3C(=O)N(c4cccc(Cl)c4)C(=O)C32c2ccccc2)ccc1O. The number of phenols is 1. The first-order valence-electron chi connectivity index (χ1n) is 13.7. The number of amides is 2. The average Bonchev–Trinajstić information content (AvgIpc) is 3.35. The quantitative estimate of drug-likeness (QED) is 0.292. The molecule has 2 aliphatic heterocycles. The van der Waals surface area contributed by atoms with Crippen LogP contribution in [0.5, 0.6) is 5.75 Å². The van der Waals surface area contributed by atoms with Crippen LogP contribution < -0.4 is 16.3 Å². The van der Waals surface area contributed by atoms with E-state index in [1.807, 2.05) is 42.5 Å². The molecule has 1 saturated heterocycles. The number of carbonyl (C=O) groups excluding carboxylic acids is 2. The number of carbonyl (C=O) groups is 2. The minimum Gasteiger partial charge on any atom is -0.508 e. The second kappa shape index (κ2) is 9.19. The third kappa shape index (κ3) is 3.37. The maximum absolute atomic E-state index is 15.0. The van der Waals surface area contributed by atoms with Crippen molar-refractivity contribution in [1.82, 2.24) is 13.9 Å². The van der Waals surface area contributed by atoms with Gasteiger partial charge in [0.15, 0.2) is 0 Å². The van der Waals surface area contributed by atoms with E-state index < -0.39 is 40.6 Å². The van der Waals surface area contributed by atoms with Crippen molar-refractivity contribution < 1.29 is 14.7 Å². The van der Waals surface area contributed by atoms with Gasteiger partial charge in [-0.15, -0.1) is 0 Å². The van der Waals surface area contributed by atoms with Gasteiger partial charge in [-0.05, 0) is 59.9 Å². The maximum atomic E-state index is 15.0. The Bertz CT molecular complexity index is 1960. The Morgan fingerprint density at radius 3 is 2.40 bits per heavy atom. The minimum atomic E-state index is -1.37. The van der Waals surface area contributed by atoms with Gasteiger partial charge in [0.1, 0.15) is 5.75 Å². The van der Waals surface area contributed by atoms with Crippen molar-refractivity contribution in [2.24, 2.45) is 13.0 Å². The third-order valence-corrected chi connectivity index (χ3v) is 9.41. The minimum absolute atomic E-state index is 0.108. The molecule has 0 spiro atoms. The van der Waals surface area contributed by atoms with E-state index in [-0.39, 0.29) is 24.6 Å². The van der Waals surface area contributed by atoms with Crippen LogP contribution in [0.25, 0.3) is 0 Å². The number of anilines is 1. The Kier molecular flexibility index (Phi) is 5.75. The third-order valence-electron chi connectivity index (χ3n) is 9.18. The molecule has 9 nitrogen and oxygen atoms in total. The molecular weight excluding hydrogens is 556 g/mol. The predicted octanol–water partition coefficient (Wildman–Crippen LogP) is 3.81. The number of phenolic OH excluding ortho intramolecular Hbond substituents is 1. The van der Waals surface area contributed by atoms with E-state index in [0.717, 1.165) is 15.7 Å². The number of imide groups is 1. The lowest BCUT2D eigenvalue weighted by Gasteiger charge is -2.49. The molecule has 1 aliphatic carbocycles. The zero-order valence-electron chi connectivity index (χ0n) is 22.9. The second-order valence-electron chi connectivity index (χ2n) is 11.2. The average molecular weight is 583 g/mol. The smallest absolute Gasteiger partial charge is 0.347 e. The largest absolute Gasteiger partial charge is 0.508 e. The van der Waals surface area contributed by atoms with Crippen LogP contribution in [0.2, 0.25) is 5.02 Å². The second-order valence-corrected chi connectivity index (χ2v) is 11.7. The topological polar surface area (TPSA) is 107 Å². The summed E-state index contributed by atoms with van der Waals surface area (Å²) >= 11 is 6.32. The van der Waals surface area contributed by atoms with Crippen LogP contribution in [0, 0.1) is 12.8 Å². The highest BCUT2D eigenvalue weighted by Gasteiger charge is 2.68. The summed E-state index contributed by atoms with van der Waals surface area (Å²) in [6.45, 7) is 1.92. The van der Waals surface area contributed by atoms with Gasteiger partial charge in [-0.1, -0.05) is 66.2 Å². The number of aryl methyl sites for hydroxylation is 1. The summed E-state index contributed by atoms with van der Waals surface area (Å²) in [7, 11) is 1.44. The molecule has 3 heterocycles. The van der Waals surface area contributed by atoms with Crippen LogP contribution in [-0.4, -0.2) is 30.9 Å². The van der Waals surface area contributed by atoms with E-state index in [1.54, 1.807) is 43.3 Å². The highest BCUT2D eigenvalue weighted by molar-refractivity contribution is 6.32. The van der Waals surface area contributed by atoms with Gasteiger partial charge in [-0.2, -0.15) is 0 Å². The predicted molar refractivity (Wildman–Crippen MR) is 157 cm³/mol. The Balaban J connectivity index is 1.56. The molecule has 0 bridgehead atoms. The highest BCUT2D eigenvalue weighted by atomic mass is 35.5. The van der Waals surface area contributed by atoms with E-state index in [0.29, 0.717) is 21.8 Å². The zero-order chi connectivity index (χ0) is 29.5. The van der Waals surface area contributed by atoms with Gasteiger partial charge in [0.05, 0.1) is 29.6 Å². The lowest BCUT2D eigenvalue weighted by Crippen LogP contribution is -2.53. The number of fused-ring (bicyclic) bond motifs is 4. The summed E-state index contributed by atoms with van der Waals surface area (Å²) in [6.07, 6.45) is 2.05. The van der Waals surface area contributed by atoms with Crippen LogP contribution >= 0.6 is 11.6 Å². The van der Waals surface area contributed by atoms with Crippen molar-refractivity contribution in [1.29, 1.82) is 0 Å². The molecule has 2 amide bonds. The van der Waals surface area contributed by atoms with Gasteiger partial charge < -0.3 is 5.11 Å². The van der Waals surface area contributed by atoms with Crippen molar-refractivity contribution in [2.45, 2.75) is 37.3 Å². The number of aromatic nitrogens is 3. The van der Waals surface area contributed by atoms with E-state index >= 15 is 4.79 Å². The van der Waals surface area contributed by atoms with Gasteiger partial charge in [0, 0.05) is 18.0 Å². The van der Waals surface area contributed by atoms with E-state index in [9.17, 15) is 19.5 Å². The molecule has 4 unspecified atom stereocenters. The first-order chi connectivity index (χ1) is 20.2. The Morgan fingerprint density at radius 1 is 0.929 bits per heavy atom. The van der Waals surface area contributed by atoms with Crippen molar-refractivity contribution in [3.05, 3.63) is 127 Å². The number of rotatable bonds is 3. The van der Waals surface area contributed by atoms with Crippen LogP contribution in [0.1, 0.15) is 35.1 Å². The van der Waals surface area contributed by atoms with Crippen LogP contribution in [0.15, 0.2) is 94.0 Å². The molecule has 4 aromatic rings. The van der Waals surface area contributed by atoms with E-state index in [4.69, 9.17) is 11.6 Å². The summed E-state index contributed by atoms with van der Waals surface area (Å²) < 4.78 is 3.89. The molecule has 0 radical (unpaired) electrons. The first kappa shape index (κ1) is 26.3. The van der Waals surface area contributed by atoms with Crippen LogP contribution in [-0.2, 0) is 28.6 Å². The number of halogens is 1. The van der Waals surface area contributed by atoms with Gasteiger partial charge in [-0.25, -0.2) is 28.4 Å². The number of benzene rings is 3. The number of aromatic hydroxyl groups is 1. The highest BCUT2D eigenvalue weighted by Crippen LogP contribution is 2.62. The van der Waals surface area contributed by atoms with Gasteiger partial charge in [0.25, 0.3) is 0 Å². The van der Waals surface area contributed by atoms with Gasteiger partial charge >= 0.3 is 11.4 Å². The summed E-state index contributed by atoms with van der Waals surface area (Å²) in [5.74, 6) is -2.23. The zero-order valence-corrected chi connectivity index (χ0v) is 23.7. The standard InChI is InChI=1S/C32H27ClN4O5/c1-18-15-19(11-12-26(18)38)27-23-13-14-35-30(41)34(2)31(42)37(35)25(23)17-24-28(39)36(22-10-6-9-21(33)16-22)29(40)32(24,27)20-7-4-3-5-8-20/h3-13,15-16,24-25,27,38H,14,17H2,1-2H3. The van der Waals surface area contributed by atoms with E-state index in [1.165, 1.54) is 21.3 Å². The number of hydrogen-bond acceptors (Lipinski definition) is 5. The molecule has 1 N–H and O–H groups in total. The van der Waals surface area contributed by atoms with Crippen molar-refractivity contribution in [3.8, 4) is 5.75 Å². The van der Waals surface area contributed by atoms with Gasteiger partial charge in [-0.3, -0.25) is 9.59 Å². The monoisotopic (exact) mass is 582 g/mol. The molecule has 212 valence electrons. The molecule has 10 heteroatoms. The number of nitrogens with zero attached hydrogens (tertiary/aromatic N) is 4. The fraction of sp³-hybridized carbons (Fsp3) is 0.250. The summed E-state index contributed by atoms with van der Waals surface area (Å²) in [5, 5.41) is 10.8. The van der Waals surface area contributed by atoms with Crippen molar-refractivity contribution >= 4 is 29.1 Å². The molecule has 3 aliphatic rings. The summed E-state index contributed by atoms with van der Waals surface area (Å²) in [4.78, 5) is 57.1. The van der Waals surface area contributed by atoms with Crippen molar-refractivity contribution in [2.75, 3.05) is 4.90 Å². The Hall–Kier alpha value is -4.63. The molecule has 1 aromatic heterocycles. The lowest BCUT2D eigenvalue weighted by atomic mass is 9.53. The van der Waals surface area contributed by atoms with Crippen LogP contribution in [0.4, 0.5) is 5.69 Å². The molecule has 4 atom stereocenters. The van der Waals surface area contributed by atoms with Crippen LogP contribution in [0.3, 0.4) is 0 Å². The first-order valence-corrected chi connectivity index (χ1v) is 14.1. The number of hydrogen-bond donors (Lipinski definition) is 1. The normalized spacial score (nSPS) is 24.7. The van der Waals surface area contributed by atoms with E-state index in [2.05, 4.69) is 0 Å². The molecule has 3 aromatic carbocycles. The van der Waals surface area contributed by atoms with Gasteiger partial charge in [0.2, 0.25) is 11.8 Å². The molecule has 1 saturated carbocycles. The summed E-state index contributed by atoms with van der Waals surface area (Å²) in [6, 6.07) is 20.5. The lowest BCUT2D eigenvalue weighted by molar-refractivity contribution is -0.124.